The molecule has 0 heterocycles. The second kappa shape index (κ2) is 9.44. The van der Waals surface area contributed by atoms with E-state index in [1.54, 1.807) is 42.5 Å². The molecule has 0 saturated carbocycles. The van der Waals surface area contributed by atoms with Crippen molar-refractivity contribution in [2.24, 2.45) is 0 Å². The molecule has 160 valence electrons. The third kappa shape index (κ3) is 5.10. The predicted octanol–water partition coefficient (Wildman–Crippen LogP) is 4.19. The first-order chi connectivity index (χ1) is 14.8. The number of esters is 2. The topological polar surface area (TPSA) is 127 Å². The van der Waals surface area contributed by atoms with E-state index < -0.39 is 23.9 Å². The molecule has 3 aromatic carbocycles. The number of halogens is 1. The number of fused-ring (bicyclic) bond motifs is 2. The van der Waals surface area contributed by atoms with Crippen molar-refractivity contribution in [2.75, 3.05) is 0 Å². The molecule has 0 amide bonds. The van der Waals surface area contributed by atoms with E-state index in [-0.39, 0.29) is 42.2 Å². The first-order valence-corrected chi connectivity index (χ1v) is 9.63. The lowest BCUT2D eigenvalue weighted by molar-refractivity contribution is -0.142. The minimum absolute atomic E-state index is 0.122. The summed E-state index contributed by atoms with van der Waals surface area (Å²) in [7, 11) is 0. The highest BCUT2D eigenvalue weighted by molar-refractivity contribution is 6.37. The van der Waals surface area contributed by atoms with E-state index in [9.17, 15) is 19.2 Å². The lowest BCUT2D eigenvalue weighted by Crippen LogP contribution is -2.12. The van der Waals surface area contributed by atoms with E-state index in [2.05, 4.69) is 0 Å². The van der Waals surface area contributed by atoms with E-state index in [0.29, 0.717) is 21.5 Å². The Morgan fingerprint density at radius 3 is 1.71 bits per heavy atom. The molecule has 2 N–H and O–H groups in total. The summed E-state index contributed by atoms with van der Waals surface area (Å²) in [6.45, 7) is 0. The number of carbonyl (C=O) groups excluding carboxylic acids is 2. The fourth-order valence-electron chi connectivity index (χ4n) is 3.07. The second-order valence-electron chi connectivity index (χ2n) is 6.60. The monoisotopic (exact) mass is 444 g/mol. The maximum atomic E-state index is 12.3. The van der Waals surface area contributed by atoms with Gasteiger partial charge in [-0.1, -0.05) is 48.0 Å². The molecule has 0 aromatic heterocycles. The molecule has 0 aliphatic carbocycles. The van der Waals surface area contributed by atoms with Crippen LogP contribution in [0.5, 0.6) is 11.5 Å². The van der Waals surface area contributed by atoms with Gasteiger partial charge in [0.15, 0.2) is 0 Å². The van der Waals surface area contributed by atoms with Gasteiger partial charge in [0.25, 0.3) is 0 Å². The second-order valence-corrected chi connectivity index (χ2v) is 7.01. The van der Waals surface area contributed by atoms with Crippen LogP contribution >= 0.6 is 11.6 Å². The highest BCUT2D eigenvalue weighted by atomic mass is 35.5. The zero-order chi connectivity index (χ0) is 22.5. The van der Waals surface area contributed by atoms with Crippen molar-refractivity contribution in [3.05, 3.63) is 47.5 Å². The molecule has 0 bridgehead atoms. The predicted molar refractivity (Wildman–Crippen MR) is 111 cm³/mol. The van der Waals surface area contributed by atoms with Crippen LogP contribution in [-0.2, 0) is 19.2 Å². The third-order valence-electron chi connectivity index (χ3n) is 4.42. The van der Waals surface area contributed by atoms with Crippen LogP contribution in [0.2, 0.25) is 5.02 Å². The lowest BCUT2D eigenvalue weighted by Gasteiger charge is -2.17. The molecule has 0 aliphatic heterocycles. The number of benzene rings is 3. The van der Waals surface area contributed by atoms with Crippen LogP contribution in [-0.4, -0.2) is 34.1 Å². The van der Waals surface area contributed by atoms with Crippen LogP contribution in [0, 0.1) is 0 Å². The van der Waals surface area contributed by atoms with Crippen molar-refractivity contribution >= 4 is 57.0 Å². The number of ether oxygens (including phenoxy) is 2. The van der Waals surface area contributed by atoms with Crippen LogP contribution in [0.15, 0.2) is 42.5 Å². The van der Waals surface area contributed by atoms with Gasteiger partial charge >= 0.3 is 23.9 Å². The summed E-state index contributed by atoms with van der Waals surface area (Å²) in [4.78, 5) is 46.0. The highest BCUT2D eigenvalue weighted by Gasteiger charge is 2.22. The fourth-order valence-corrected chi connectivity index (χ4v) is 3.33. The van der Waals surface area contributed by atoms with Crippen molar-refractivity contribution in [1.82, 2.24) is 0 Å². The van der Waals surface area contributed by atoms with Gasteiger partial charge in [0.1, 0.15) is 11.5 Å². The van der Waals surface area contributed by atoms with Gasteiger partial charge in [0, 0.05) is 21.5 Å². The van der Waals surface area contributed by atoms with Gasteiger partial charge in [0.2, 0.25) is 0 Å². The quantitative estimate of drug-likeness (QED) is 0.301. The molecule has 9 heteroatoms. The lowest BCUT2D eigenvalue weighted by atomic mass is 10.0. The van der Waals surface area contributed by atoms with E-state index in [1.165, 1.54) is 0 Å². The van der Waals surface area contributed by atoms with E-state index in [1.807, 2.05) is 0 Å². The molecule has 3 aromatic rings. The minimum Gasteiger partial charge on any atom is -0.481 e. The summed E-state index contributed by atoms with van der Waals surface area (Å²) in [6.07, 6.45) is -1.42. The summed E-state index contributed by atoms with van der Waals surface area (Å²) >= 11 is 6.38. The fraction of sp³-hybridized carbons (Fsp3) is 0.182. The highest BCUT2D eigenvalue weighted by Crippen LogP contribution is 2.45. The molecule has 0 spiro atoms. The first-order valence-electron chi connectivity index (χ1n) is 9.25. The zero-order valence-corrected chi connectivity index (χ0v) is 16.8. The number of carboxylic acids is 2. The molecule has 0 saturated heterocycles. The molecule has 0 aliphatic rings. The zero-order valence-electron chi connectivity index (χ0n) is 16.1. The van der Waals surface area contributed by atoms with E-state index in [0.717, 1.165) is 0 Å². The SMILES string of the molecule is O=C(O)CCC(=O)Oc1c2ccccc2c(OC(=O)CCC(=O)O)c2c(Cl)cccc12. The van der Waals surface area contributed by atoms with Gasteiger partial charge in [0.05, 0.1) is 30.7 Å². The van der Waals surface area contributed by atoms with Crippen LogP contribution in [0.25, 0.3) is 21.5 Å². The number of hydrogen-bond acceptors (Lipinski definition) is 6. The van der Waals surface area contributed by atoms with Gasteiger partial charge in [-0.3, -0.25) is 19.2 Å². The molecule has 3 rings (SSSR count). The van der Waals surface area contributed by atoms with Gasteiger partial charge < -0.3 is 19.7 Å². The number of rotatable bonds is 8. The smallest absolute Gasteiger partial charge is 0.311 e. The summed E-state index contributed by atoms with van der Waals surface area (Å²) in [5.41, 5.74) is 0. The van der Waals surface area contributed by atoms with Gasteiger partial charge in [-0.05, 0) is 6.07 Å². The van der Waals surface area contributed by atoms with Crippen LogP contribution < -0.4 is 9.47 Å². The average molecular weight is 445 g/mol. The molecular formula is C22H17ClO8. The molecule has 8 nitrogen and oxygen atoms in total. The Kier molecular flexibility index (Phi) is 6.71. The Morgan fingerprint density at radius 2 is 1.16 bits per heavy atom. The maximum absolute atomic E-state index is 12.3. The number of hydrogen-bond donors (Lipinski definition) is 2. The van der Waals surface area contributed by atoms with Gasteiger partial charge in [-0.2, -0.15) is 0 Å². The van der Waals surface area contributed by atoms with Crippen molar-refractivity contribution in [1.29, 1.82) is 0 Å². The van der Waals surface area contributed by atoms with Crippen molar-refractivity contribution in [3.8, 4) is 11.5 Å². The Morgan fingerprint density at radius 1 is 0.677 bits per heavy atom. The van der Waals surface area contributed by atoms with Crippen molar-refractivity contribution < 1.29 is 38.9 Å². The minimum atomic E-state index is -1.13. The van der Waals surface area contributed by atoms with Crippen molar-refractivity contribution in [2.45, 2.75) is 25.7 Å². The van der Waals surface area contributed by atoms with E-state index >= 15 is 0 Å². The first kappa shape index (κ1) is 22.0. The molecule has 0 radical (unpaired) electrons. The standard InChI is InChI=1S/C22H17ClO8/c23-15-7-3-6-14-20(15)22(31-19(29)11-9-17(26)27)13-5-2-1-4-12(13)21(14)30-18(28)10-8-16(24)25/h1-7H,8-11H2,(H,24,25)(H,26,27). The van der Waals surface area contributed by atoms with E-state index in [4.69, 9.17) is 31.3 Å². The number of aliphatic carboxylic acids is 2. The Balaban J connectivity index is 2.15. The Bertz CT molecular complexity index is 1200. The van der Waals surface area contributed by atoms with Gasteiger partial charge in [-0.15, -0.1) is 0 Å². The third-order valence-corrected chi connectivity index (χ3v) is 4.73. The molecule has 31 heavy (non-hydrogen) atoms. The number of carbonyl (C=O) groups is 4. The Labute approximate surface area is 180 Å². The van der Waals surface area contributed by atoms with Crippen molar-refractivity contribution in [3.63, 3.8) is 0 Å². The summed E-state index contributed by atoms with van der Waals surface area (Å²) < 4.78 is 11.0. The summed E-state index contributed by atoms with van der Waals surface area (Å²) in [5.74, 6) is -3.46. The average Bonchev–Trinajstić information content (AvgIpc) is 2.73. The van der Waals surface area contributed by atoms with Crippen LogP contribution in [0.4, 0.5) is 0 Å². The van der Waals surface area contributed by atoms with Crippen LogP contribution in [0.1, 0.15) is 25.7 Å². The largest absolute Gasteiger partial charge is 0.481 e. The Hall–Kier alpha value is -3.65. The summed E-state index contributed by atoms with van der Waals surface area (Å²) in [6, 6.07) is 11.5. The molecule has 0 unspecified atom stereocenters. The summed E-state index contributed by atoms with van der Waals surface area (Å²) in [5, 5.41) is 19.4. The van der Waals surface area contributed by atoms with Crippen LogP contribution in [0.3, 0.4) is 0 Å². The normalized spacial score (nSPS) is 10.7. The maximum Gasteiger partial charge on any atom is 0.311 e. The molecule has 0 fully saturated rings. The molecular weight excluding hydrogens is 428 g/mol. The molecule has 0 atom stereocenters. The number of carboxylic acid groups (broad SMARTS) is 2. The van der Waals surface area contributed by atoms with Gasteiger partial charge in [-0.25, -0.2) is 0 Å².